The second kappa shape index (κ2) is 5.85. The lowest BCUT2D eigenvalue weighted by Gasteiger charge is -2.34. The smallest absolute Gasteiger partial charge is 0.265 e. The lowest BCUT2D eigenvalue weighted by atomic mass is 10.0. The molecule has 0 spiro atoms. The third-order valence-corrected chi connectivity index (χ3v) is 6.58. The van der Waals surface area contributed by atoms with E-state index in [4.69, 9.17) is 0 Å². The summed E-state index contributed by atoms with van der Waals surface area (Å²) in [6.07, 6.45) is 3.49. The number of H-pyrrole nitrogens is 1. The van der Waals surface area contributed by atoms with Crippen LogP contribution in [0.15, 0.2) is 65.3 Å². The van der Waals surface area contributed by atoms with E-state index in [1.807, 2.05) is 30.5 Å². The largest absolute Gasteiger partial charge is 0.361 e. The lowest BCUT2D eigenvalue weighted by molar-refractivity contribution is 0.0996. The SMILES string of the molecule is CC(C)N1C(=Cc2cccc3[nH]ccc23)C(=O)c2ccccc2S1(=O)=O. The molecule has 0 saturated heterocycles. The highest BCUT2D eigenvalue weighted by molar-refractivity contribution is 7.89. The number of sulfonamides is 1. The van der Waals surface area contributed by atoms with Crippen LogP contribution in [-0.2, 0) is 10.0 Å². The molecule has 1 aromatic heterocycles. The van der Waals surface area contributed by atoms with Gasteiger partial charge in [0, 0.05) is 28.7 Å². The third-order valence-electron chi connectivity index (χ3n) is 4.53. The number of nitrogens with zero attached hydrogens (tertiary/aromatic N) is 1. The van der Waals surface area contributed by atoms with Crippen LogP contribution in [0.1, 0.15) is 29.8 Å². The van der Waals surface area contributed by atoms with E-state index in [2.05, 4.69) is 4.98 Å². The molecule has 3 aromatic rings. The van der Waals surface area contributed by atoms with Crippen LogP contribution in [0, 0.1) is 0 Å². The van der Waals surface area contributed by atoms with Crippen molar-refractivity contribution in [1.82, 2.24) is 9.29 Å². The van der Waals surface area contributed by atoms with Crippen molar-refractivity contribution in [3.63, 3.8) is 0 Å². The number of rotatable bonds is 2. The molecular formula is C20H18N2O3S. The summed E-state index contributed by atoms with van der Waals surface area (Å²) in [7, 11) is -3.79. The molecule has 2 aromatic carbocycles. The molecule has 132 valence electrons. The van der Waals surface area contributed by atoms with Crippen molar-refractivity contribution in [3.8, 4) is 0 Å². The van der Waals surface area contributed by atoms with Crippen LogP contribution in [0.3, 0.4) is 0 Å². The van der Waals surface area contributed by atoms with Crippen molar-refractivity contribution in [2.24, 2.45) is 0 Å². The number of fused-ring (bicyclic) bond motifs is 2. The Labute approximate surface area is 152 Å². The molecule has 6 heteroatoms. The first-order valence-electron chi connectivity index (χ1n) is 8.37. The molecule has 0 unspecified atom stereocenters. The maximum Gasteiger partial charge on any atom is 0.265 e. The monoisotopic (exact) mass is 366 g/mol. The van der Waals surface area contributed by atoms with Gasteiger partial charge in [-0.15, -0.1) is 0 Å². The number of carbonyl (C=O) groups excluding carboxylic acids is 1. The highest BCUT2D eigenvalue weighted by Crippen LogP contribution is 2.35. The van der Waals surface area contributed by atoms with Crippen LogP contribution in [0.2, 0.25) is 0 Å². The Morgan fingerprint density at radius 2 is 1.81 bits per heavy atom. The standard InChI is InChI=1S/C20H18N2O3S/c1-13(2)22-18(12-14-6-5-8-17-15(14)10-11-21-17)20(23)16-7-3-4-9-19(16)26(22,24)25/h3-13,21H,1-2H3. The van der Waals surface area contributed by atoms with E-state index in [-0.39, 0.29) is 28.0 Å². The maximum absolute atomic E-state index is 13.1. The summed E-state index contributed by atoms with van der Waals surface area (Å²) < 4.78 is 27.5. The molecule has 0 saturated carbocycles. The van der Waals surface area contributed by atoms with Gasteiger partial charge in [0.1, 0.15) is 5.70 Å². The van der Waals surface area contributed by atoms with Crippen LogP contribution in [0.25, 0.3) is 17.0 Å². The van der Waals surface area contributed by atoms with Crippen LogP contribution in [0.5, 0.6) is 0 Å². The zero-order chi connectivity index (χ0) is 18.5. The molecule has 0 radical (unpaired) electrons. The molecule has 1 N–H and O–H groups in total. The number of Topliss-reactive ketones (excluding diaryl/α,β-unsaturated/α-hetero) is 1. The minimum absolute atomic E-state index is 0.0655. The summed E-state index contributed by atoms with van der Waals surface area (Å²) in [5.74, 6) is -0.281. The van der Waals surface area contributed by atoms with E-state index in [1.54, 1.807) is 38.1 Å². The van der Waals surface area contributed by atoms with E-state index < -0.39 is 10.0 Å². The first-order valence-corrected chi connectivity index (χ1v) is 9.81. The van der Waals surface area contributed by atoms with Crippen LogP contribution >= 0.6 is 0 Å². The number of nitrogens with one attached hydrogen (secondary N) is 1. The number of aromatic amines is 1. The van der Waals surface area contributed by atoms with Crippen molar-refractivity contribution in [2.75, 3.05) is 0 Å². The van der Waals surface area contributed by atoms with Crippen molar-refractivity contribution >= 4 is 32.8 Å². The average Bonchev–Trinajstić information content (AvgIpc) is 3.09. The fraction of sp³-hybridized carbons (Fsp3) is 0.150. The number of ketones is 1. The Morgan fingerprint density at radius 3 is 2.58 bits per heavy atom. The fourth-order valence-corrected chi connectivity index (χ4v) is 5.27. The number of aromatic nitrogens is 1. The van der Waals surface area contributed by atoms with Gasteiger partial charge in [-0.3, -0.25) is 9.10 Å². The van der Waals surface area contributed by atoms with Gasteiger partial charge in [-0.1, -0.05) is 24.3 Å². The Morgan fingerprint density at radius 1 is 1.04 bits per heavy atom. The summed E-state index contributed by atoms with van der Waals surface area (Å²) in [4.78, 5) is 16.3. The van der Waals surface area contributed by atoms with Gasteiger partial charge in [0.05, 0.1) is 4.90 Å². The lowest BCUT2D eigenvalue weighted by Crippen LogP contribution is -2.43. The molecule has 1 aliphatic rings. The van der Waals surface area contributed by atoms with Gasteiger partial charge < -0.3 is 4.98 Å². The first kappa shape index (κ1) is 16.6. The van der Waals surface area contributed by atoms with Crippen molar-refractivity contribution in [3.05, 3.63) is 71.6 Å². The Kier molecular flexibility index (Phi) is 3.73. The summed E-state index contributed by atoms with van der Waals surface area (Å²) in [6.45, 7) is 3.53. The quantitative estimate of drug-likeness (QED) is 0.701. The Hall–Kier alpha value is -2.86. The van der Waals surface area contributed by atoms with Crippen LogP contribution < -0.4 is 0 Å². The minimum Gasteiger partial charge on any atom is -0.361 e. The van der Waals surface area contributed by atoms with E-state index in [0.717, 1.165) is 16.5 Å². The summed E-state index contributed by atoms with van der Waals surface area (Å²) in [5, 5.41) is 0.938. The molecule has 2 heterocycles. The van der Waals surface area contributed by atoms with Gasteiger partial charge in [0.15, 0.2) is 0 Å². The maximum atomic E-state index is 13.1. The average molecular weight is 366 g/mol. The van der Waals surface area contributed by atoms with Crippen molar-refractivity contribution < 1.29 is 13.2 Å². The summed E-state index contributed by atoms with van der Waals surface area (Å²) in [6, 6.07) is 13.6. The van der Waals surface area contributed by atoms with Crippen LogP contribution in [-0.4, -0.2) is 29.5 Å². The van der Waals surface area contributed by atoms with Crippen molar-refractivity contribution in [1.29, 1.82) is 0 Å². The van der Waals surface area contributed by atoms with Crippen LogP contribution in [0.4, 0.5) is 0 Å². The van der Waals surface area contributed by atoms with Gasteiger partial charge >= 0.3 is 0 Å². The molecule has 0 amide bonds. The second-order valence-electron chi connectivity index (χ2n) is 6.54. The zero-order valence-electron chi connectivity index (χ0n) is 14.4. The van der Waals surface area contributed by atoms with E-state index in [1.165, 1.54) is 10.4 Å². The summed E-state index contributed by atoms with van der Waals surface area (Å²) in [5.41, 5.74) is 2.12. The zero-order valence-corrected chi connectivity index (χ0v) is 15.2. The molecule has 1 aliphatic heterocycles. The number of hydrogen-bond donors (Lipinski definition) is 1. The summed E-state index contributed by atoms with van der Waals surface area (Å²) >= 11 is 0. The molecule has 5 nitrogen and oxygen atoms in total. The normalized spacial score (nSPS) is 17.9. The van der Waals surface area contributed by atoms with Gasteiger partial charge in [-0.05, 0) is 49.8 Å². The topological polar surface area (TPSA) is 70.2 Å². The van der Waals surface area contributed by atoms with E-state index >= 15 is 0 Å². The predicted octanol–water partition coefficient (Wildman–Crippen LogP) is 3.80. The molecule has 4 rings (SSSR count). The molecule has 0 atom stereocenters. The molecule has 0 bridgehead atoms. The second-order valence-corrected chi connectivity index (χ2v) is 8.32. The van der Waals surface area contributed by atoms with Gasteiger partial charge in [0.2, 0.25) is 5.78 Å². The number of carbonyl (C=O) groups is 1. The number of allylic oxidation sites excluding steroid dienone is 1. The third kappa shape index (κ3) is 2.37. The number of hydrogen-bond acceptors (Lipinski definition) is 3. The Balaban J connectivity index is 2.00. The van der Waals surface area contributed by atoms with Gasteiger partial charge in [0.25, 0.3) is 10.0 Å². The van der Waals surface area contributed by atoms with Crippen molar-refractivity contribution in [2.45, 2.75) is 24.8 Å². The van der Waals surface area contributed by atoms with Gasteiger partial charge in [-0.2, -0.15) is 0 Å². The van der Waals surface area contributed by atoms with E-state index in [0.29, 0.717) is 0 Å². The molecular weight excluding hydrogens is 348 g/mol. The van der Waals surface area contributed by atoms with E-state index in [9.17, 15) is 13.2 Å². The molecule has 0 aliphatic carbocycles. The molecule has 0 fully saturated rings. The number of benzene rings is 2. The molecule has 26 heavy (non-hydrogen) atoms. The van der Waals surface area contributed by atoms with Gasteiger partial charge in [-0.25, -0.2) is 8.42 Å². The Bertz CT molecular complexity index is 1160. The predicted molar refractivity (Wildman–Crippen MR) is 101 cm³/mol. The highest BCUT2D eigenvalue weighted by atomic mass is 32.2. The minimum atomic E-state index is -3.79. The fourth-order valence-electron chi connectivity index (χ4n) is 3.42. The first-order chi connectivity index (χ1) is 12.4. The highest BCUT2D eigenvalue weighted by Gasteiger charge is 2.40.